The van der Waals surface area contributed by atoms with Crippen molar-refractivity contribution in [3.63, 3.8) is 0 Å². The minimum Gasteiger partial charge on any atom is -0.395 e. The molecule has 0 saturated heterocycles. The molecule has 0 spiro atoms. The number of aliphatic hydroxyl groups excluding tert-OH is 3. The third-order valence-electron chi connectivity index (χ3n) is 4.73. The molecule has 0 amide bonds. The van der Waals surface area contributed by atoms with Crippen LogP contribution in [0.5, 0.6) is 0 Å². The standard InChI is InChI=1S/C21H30N4O5/c1-16-14-20(19(15-21(16)29)23-7-11-26)24-18-4-2-17(3-5-18)22-6-8-25(30,9-12-27)10-13-28/h2-5,14-15,26-28,30H,6-13H2,1H3,(H-,22,23,29)/p+1. The SMILES string of the molecule is CC1=CC(=Nc2ccc(NCC[N+](O)(CCO)CCO)cc2)C(NCCO)=CC1=O. The van der Waals surface area contributed by atoms with E-state index in [9.17, 15) is 10.0 Å². The van der Waals surface area contributed by atoms with Crippen molar-refractivity contribution < 1.29 is 30.0 Å². The summed E-state index contributed by atoms with van der Waals surface area (Å²) in [5.41, 5.74) is 3.35. The quantitative estimate of drug-likeness (QED) is 0.164. The smallest absolute Gasteiger partial charge is 0.183 e. The fourth-order valence-corrected chi connectivity index (χ4v) is 3.01. The van der Waals surface area contributed by atoms with Crippen molar-refractivity contribution in [1.29, 1.82) is 0 Å². The molecule has 0 aromatic heterocycles. The largest absolute Gasteiger partial charge is 0.395 e. The van der Waals surface area contributed by atoms with Gasteiger partial charge in [0.05, 0.1) is 43.5 Å². The Kier molecular flexibility index (Phi) is 9.15. The van der Waals surface area contributed by atoms with E-state index in [0.29, 0.717) is 42.3 Å². The number of hydroxylamine groups is 3. The number of rotatable bonds is 12. The molecule has 1 aromatic carbocycles. The summed E-state index contributed by atoms with van der Waals surface area (Å²) in [6.45, 7) is 2.82. The van der Waals surface area contributed by atoms with Crippen molar-refractivity contribution in [2.24, 2.45) is 4.99 Å². The number of carbonyl (C=O) groups excluding carboxylic acids is 1. The fraction of sp³-hybridized carbons (Fsp3) is 0.429. The molecule has 164 valence electrons. The van der Waals surface area contributed by atoms with E-state index in [1.165, 1.54) is 6.08 Å². The lowest BCUT2D eigenvalue weighted by atomic mass is 10.0. The number of quaternary nitrogens is 1. The number of aliphatic imine (C=N–C) groups is 1. The molecular weight excluding hydrogens is 388 g/mol. The van der Waals surface area contributed by atoms with Crippen LogP contribution in [0.1, 0.15) is 6.92 Å². The number of hydrogen-bond donors (Lipinski definition) is 6. The van der Waals surface area contributed by atoms with Crippen LogP contribution in [0, 0.1) is 0 Å². The van der Waals surface area contributed by atoms with E-state index < -0.39 is 4.65 Å². The van der Waals surface area contributed by atoms with Crippen molar-refractivity contribution in [1.82, 2.24) is 5.32 Å². The second kappa shape index (κ2) is 11.6. The predicted molar refractivity (Wildman–Crippen MR) is 115 cm³/mol. The number of carbonyl (C=O) groups is 1. The molecule has 1 aliphatic rings. The van der Waals surface area contributed by atoms with Crippen LogP contribution in [-0.2, 0) is 4.79 Å². The van der Waals surface area contributed by atoms with Crippen LogP contribution in [0.25, 0.3) is 0 Å². The van der Waals surface area contributed by atoms with Crippen LogP contribution in [0.15, 0.2) is 52.7 Å². The first-order valence-electron chi connectivity index (χ1n) is 9.93. The minimum atomic E-state index is -0.397. The Bertz CT molecular complexity index is 796. The summed E-state index contributed by atoms with van der Waals surface area (Å²) in [6.07, 6.45) is 3.20. The maximum absolute atomic E-state index is 11.9. The van der Waals surface area contributed by atoms with E-state index in [0.717, 1.165) is 5.69 Å². The van der Waals surface area contributed by atoms with Gasteiger partial charge in [0.25, 0.3) is 0 Å². The molecule has 0 unspecified atom stereocenters. The summed E-state index contributed by atoms with van der Waals surface area (Å²) >= 11 is 0. The lowest BCUT2D eigenvalue weighted by Gasteiger charge is -2.29. The number of hydrogen-bond acceptors (Lipinski definition) is 8. The van der Waals surface area contributed by atoms with Gasteiger partial charge in [-0.05, 0) is 42.8 Å². The van der Waals surface area contributed by atoms with Crippen LogP contribution in [-0.4, -0.2) is 89.2 Å². The Morgan fingerprint density at radius 2 is 1.57 bits per heavy atom. The van der Waals surface area contributed by atoms with Crippen LogP contribution in [0.2, 0.25) is 0 Å². The van der Waals surface area contributed by atoms with Gasteiger partial charge >= 0.3 is 0 Å². The average molecular weight is 420 g/mol. The molecule has 0 aliphatic heterocycles. The topological polar surface area (TPSA) is 134 Å². The van der Waals surface area contributed by atoms with E-state index in [4.69, 9.17) is 15.3 Å². The molecule has 0 bridgehead atoms. The second-order valence-corrected chi connectivity index (χ2v) is 7.08. The Morgan fingerprint density at radius 1 is 0.900 bits per heavy atom. The molecule has 1 aromatic rings. The highest BCUT2D eigenvalue weighted by molar-refractivity contribution is 6.22. The average Bonchev–Trinajstić information content (AvgIpc) is 2.71. The van der Waals surface area contributed by atoms with Gasteiger partial charge in [0.2, 0.25) is 0 Å². The second-order valence-electron chi connectivity index (χ2n) is 7.08. The van der Waals surface area contributed by atoms with Crippen LogP contribution < -0.4 is 10.6 Å². The van der Waals surface area contributed by atoms with Gasteiger partial charge in [-0.25, -0.2) is 10.2 Å². The lowest BCUT2D eigenvalue weighted by molar-refractivity contribution is -1.10. The van der Waals surface area contributed by atoms with E-state index >= 15 is 0 Å². The number of aliphatic hydroxyl groups is 3. The highest BCUT2D eigenvalue weighted by Crippen LogP contribution is 2.20. The number of nitrogens with zero attached hydrogens (tertiary/aromatic N) is 2. The fourth-order valence-electron chi connectivity index (χ4n) is 3.01. The molecule has 30 heavy (non-hydrogen) atoms. The molecule has 1 aliphatic carbocycles. The van der Waals surface area contributed by atoms with Gasteiger partial charge in [-0.15, -0.1) is 0 Å². The molecule has 0 saturated carbocycles. The molecule has 2 rings (SSSR count). The normalized spacial score (nSPS) is 15.8. The first kappa shape index (κ1) is 23.7. The first-order valence-corrected chi connectivity index (χ1v) is 9.93. The molecule has 9 heteroatoms. The number of allylic oxidation sites excluding steroid dienone is 3. The van der Waals surface area contributed by atoms with Gasteiger partial charge in [0, 0.05) is 18.3 Å². The lowest BCUT2D eigenvalue weighted by Crippen LogP contribution is -2.51. The molecule has 0 heterocycles. The van der Waals surface area contributed by atoms with Crippen molar-refractivity contribution in [2.45, 2.75) is 6.92 Å². The minimum absolute atomic E-state index is 0.0493. The summed E-state index contributed by atoms with van der Waals surface area (Å²) in [5, 5.41) is 43.7. The molecule has 9 nitrogen and oxygen atoms in total. The van der Waals surface area contributed by atoms with Crippen molar-refractivity contribution in [3.8, 4) is 0 Å². The monoisotopic (exact) mass is 419 g/mol. The van der Waals surface area contributed by atoms with Crippen LogP contribution in [0.3, 0.4) is 0 Å². The summed E-state index contributed by atoms with van der Waals surface area (Å²) < 4.78 is -0.397. The third-order valence-corrected chi connectivity index (χ3v) is 4.73. The number of nitrogens with one attached hydrogen (secondary N) is 2. The highest BCUT2D eigenvalue weighted by Gasteiger charge is 2.23. The molecule has 0 radical (unpaired) electrons. The van der Waals surface area contributed by atoms with Gasteiger partial charge in [-0.3, -0.25) is 4.79 Å². The maximum Gasteiger partial charge on any atom is 0.183 e. The highest BCUT2D eigenvalue weighted by atomic mass is 16.5. The van der Waals surface area contributed by atoms with E-state index in [1.54, 1.807) is 13.0 Å². The van der Waals surface area contributed by atoms with Gasteiger partial charge in [0.1, 0.15) is 19.6 Å². The zero-order valence-electron chi connectivity index (χ0n) is 17.2. The summed E-state index contributed by atoms with van der Waals surface area (Å²) in [4.78, 5) is 16.5. The molecular formula is C21H31N4O5+. The van der Waals surface area contributed by atoms with Crippen molar-refractivity contribution in [3.05, 3.63) is 47.7 Å². The van der Waals surface area contributed by atoms with Gasteiger partial charge in [-0.1, -0.05) is 0 Å². The maximum atomic E-state index is 11.9. The Hall–Kier alpha value is -2.56. The number of anilines is 1. The van der Waals surface area contributed by atoms with Gasteiger partial charge < -0.3 is 26.0 Å². The van der Waals surface area contributed by atoms with Crippen LogP contribution >= 0.6 is 0 Å². The Balaban J connectivity index is 2.02. The predicted octanol–water partition coefficient (Wildman–Crippen LogP) is 0.356. The Labute approximate surface area is 176 Å². The third kappa shape index (κ3) is 7.05. The van der Waals surface area contributed by atoms with E-state index in [2.05, 4.69) is 15.6 Å². The summed E-state index contributed by atoms with van der Waals surface area (Å²) in [7, 11) is 0. The first-order chi connectivity index (χ1) is 14.4. The number of ketones is 1. The number of benzene rings is 1. The zero-order valence-corrected chi connectivity index (χ0v) is 17.2. The summed E-state index contributed by atoms with van der Waals surface area (Å²) in [5.74, 6) is -0.0882. The van der Waals surface area contributed by atoms with Gasteiger partial charge in [0.15, 0.2) is 5.78 Å². The molecule has 0 atom stereocenters. The van der Waals surface area contributed by atoms with E-state index in [-0.39, 0.29) is 38.7 Å². The summed E-state index contributed by atoms with van der Waals surface area (Å²) in [6, 6.07) is 7.39. The van der Waals surface area contributed by atoms with E-state index in [1.807, 2.05) is 24.3 Å². The zero-order chi connectivity index (χ0) is 22.0. The van der Waals surface area contributed by atoms with Gasteiger partial charge in [-0.2, -0.15) is 4.65 Å². The van der Waals surface area contributed by atoms with Crippen molar-refractivity contribution in [2.75, 3.05) is 57.9 Å². The molecule has 6 N–H and O–H groups in total. The van der Waals surface area contributed by atoms with Crippen molar-refractivity contribution >= 4 is 22.9 Å². The molecule has 0 fully saturated rings. The Morgan fingerprint density at radius 3 is 2.17 bits per heavy atom. The van der Waals surface area contributed by atoms with Crippen LogP contribution in [0.4, 0.5) is 11.4 Å².